The molecule has 6 nitrogen and oxygen atoms in total. The van der Waals surface area contributed by atoms with Crippen LogP contribution in [-0.4, -0.2) is 36.0 Å². The third-order valence-electron chi connectivity index (χ3n) is 2.77. The summed E-state index contributed by atoms with van der Waals surface area (Å²) in [6, 6.07) is 3.92. The molecule has 0 aliphatic heterocycles. The predicted octanol–water partition coefficient (Wildman–Crippen LogP) is 3.15. The van der Waals surface area contributed by atoms with E-state index in [1.165, 1.54) is 12.1 Å². The first-order valence-corrected chi connectivity index (χ1v) is 7.56. The van der Waals surface area contributed by atoms with Crippen LogP contribution in [0, 0.1) is 5.82 Å². The summed E-state index contributed by atoms with van der Waals surface area (Å²) >= 11 is 7.00. The van der Waals surface area contributed by atoms with Gasteiger partial charge in [0.2, 0.25) is 5.13 Å². The topological polar surface area (TPSA) is 76.1 Å². The molecular weight excluding hydrogens is 331 g/mol. The van der Waals surface area contributed by atoms with Crippen molar-refractivity contribution in [3.63, 3.8) is 0 Å². The van der Waals surface area contributed by atoms with Crippen LogP contribution in [0.15, 0.2) is 18.2 Å². The molecule has 0 saturated heterocycles. The van der Waals surface area contributed by atoms with Crippen LogP contribution in [0.25, 0.3) is 10.6 Å². The van der Waals surface area contributed by atoms with E-state index < -0.39 is 11.8 Å². The van der Waals surface area contributed by atoms with E-state index in [1.54, 1.807) is 13.2 Å². The van der Waals surface area contributed by atoms with Crippen LogP contribution in [0.1, 0.15) is 6.92 Å². The van der Waals surface area contributed by atoms with Crippen molar-refractivity contribution in [1.82, 2.24) is 15.5 Å². The van der Waals surface area contributed by atoms with Crippen molar-refractivity contribution in [2.24, 2.45) is 0 Å². The minimum absolute atomic E-state index is 0.104. The fraction of sp³-hybridized carbons (Fsp3) is 0.308. The minimum Gasteiger partial charge on any atom is -0.380 e. The number of rotatable bonds is 5. The van der Waals surface area contributed by atoms with Crippen LogP contribution in [-0.2, 0) is 4.74 Å². The highest BCUT2D eigenvalue weighted by molar-refractivity contribution is 7.18. The number of aromatic nitrogens is 2. The lowest BCUT2D eigenvalue weighted by Gasteiger charge is -2.10. The SMILES string of the molecule is COC(C)CNC(=O)Nc1nnc(-c2c(F)cccc2Cl)s1. The van der Waals surface area contributed by atoms with Crippen molar-refractivity contribution in [3.8, 4) is 10.6 Å². The van der Waals surface area contributed by atoms with Crippen molar-refractivity contribution in [2.45, 2.75) is 13.0 Å². The van der Waals surface area contributed by atoms with Crippen LogP contribution in [0.5, 0.6) is 0 Å². The fourth-order valence-electron chi connectivity index (χ4n) is 1.54. The molecule has 2 amide bonds. The number of anilines is 1. The monoisotopic (exact) mass is 344 g/mol. The summed E-state index contributed by atoms with van der Waals surface area (Å²) in [5.74, 6) is -0.492. The molecule has 9 heteroatoms. The number of hydrogen-bond acceptors (Lipinski definition) is 5. The van der Waals surface area contributed by atoms with Crippen molar-refractivity contribution < 1.29 is 13.9 Å². The summed E-state index contributed by atoms with van der Waals surface area (Å²) in [7, 11) is 1.55. The second kappa shape index (κ2) is 7.48. The summed E-state index contributed by atoms with van der Waals surface area (Å²) in [4.78, 5) is 11.7. The molecule has 2 rings (SSSR count). The molecule has 1 aromatic heterocycles. The zero-order valence-electron chi connectivity index (χ0n) is 11.9. The highest BCUT2D eigenvalue weighted by Crippen LogP contribution is 2.33. The zero-order chi connectivity index (χ0) is 16.1. The number of benzene rings is 1. The maximum Gasteiger partial charge on any atom is 0.321 e. The molecule has 0 aliphatic rings. The van der Waals surface area contributed by atoms with E-state index >= 15 is 0 Å². The van der Waals surface area contributed by atoms with Crippen LogP contribution >= 0.6 is 22.9 Å². The normalized spacial score (nSPS) is 12.0. The Morgan fingerprint density at radius 1 is 1.50 bits per heavy atom. The van der Waals surface area contributed by atoms with Gasteiger partial charge in [0.15, 0.2) is 5.01 Å². The van der Waals surface area contributed by atoms with Gasteiger partial charge in [0.05, 0.1) is 16.7 Å². The van der Waals surface area contributed by atoms with E-state index in [1.807, 2.05) is 6.92 Å². The molecular formula is C13H14ClFN4O2S. The standard InChI is InChI=1S/C13H14ClFN4O2S/c1-7(21-2)6-16-12(20)17-13-19-18-11(22-13)10-8(14)4-3-5-9(10)15/h3-5,7H,6H2,1-2H3,(H2,16,17,19,20). The Morgan fingerprint density at radius 2 is 2.27 bits per heavy atom. The van der Waals surface area contributed by atoms with Gasteiger partial charge in [0.1, 0.15) is 5.82 Å². The lowest BCUT2D eigenvalue weighted by molar-refractivity contribution is 0.119. The summed E-state index contributed by atoms with van der Waals surface area (Å²) in [6.45, 7) is 2.18. The highest BCUT2D eigenvalue weighted by Gasteiger charge is 2.16. The van der Waals surface area contributed by atoms with E-state index in [9.17, 15) is 9.18 Å². The molecule has 1 atom stereocenters. The second-order valence-electron chi connectivity index (χ2n) is 4.39. The van der Waals surface area contributed by atoms with E-state index in [0.717, 1.165) is 11.3 Å². The Hall–Kier alpha value is -1.77. The molecule has 1 heterocycles. The van der Waals surface area contributed by atoms with E-state index in [4.69, 9.17) is 16.3 Å². The fourth-order valence-corrected chi connectivity index (χ4v) is 2.65. The number of nitrogens with zero attached hydrogens (tertiary/aromatic N) is 2. The summed E-state index contributed by atoms with van der Waals surface area (Å²) < 4.78 is 18.8. The van der Waals surface area contributed by atoms with Gasteiger partial charge in [-0.25, -0.2) is 9.18 Å². The van der Waals surface area contributed by atoms with Gasteiger partial charge in [-0.3, -0.25) is 5.32 Å². The number of halogens is 2. The molecule has 118 valence electrons. The maximum atomic E-state index is 13.8. The molecule has 0 fully saturated rings. The summed E-state index contributed by atoms with van der Waals surface area (Å²) in [5, 5.41) is 13.6. The van der Waals surface area contributed by atoms with E-state index in [0.29, 0.717) is 11.6 Å². The lowest BCUT2D eigenvalue weighted by Crippen LogP contribution is -2.34. The Balaban J connectivity index is 2.04. The molecule has 0 aliphatic carbocycles. The average Bonchev–Trinajstić information content (AvgIpc) is 2.92. The number of amides is 2. The molecule has 0 saturated carbocycles. The summed E-state index contributed by atoms with van der Waals surface area (Å²) in [6.07, 6.45) is -0.104. The zero-order valence-corrected chi connectivity index (χ0v) is 13.5. The van der Waals surface area contributed by atoms with Crippen LogP contribution < -0.4 is 10.6 Å². The van der Waals surface area contributed by atoms with Crippen LogP contribution in [0.4, 0.5) is 14.3 Å². The number of nitrogens with one attached hydrogen (secondary N) is 2. The first-order valence-electron chi connectivity index (χ1n) is 6.36. The van der Waals surface area contributed by atoms with Crippen molar-refractivity contribution in [1.29, 1.82) is 0 Å². The number of urea groups is 1. The Kier molecular flexibility index (Phi) is 5.64. The van der Waals surface area contributed by atoms with E-state index in [2.05, 4.69) is 20.8 Å². The number of carbonyl (C=O) groups is 1. The number of methoxy groups -OCH3 is 1. The number of carbonyl (C=O) groups excluding carboxylic acids is 1. The smallest absolute Gasteiger partial charge is 0.321 e. The van der Waals surface area contributed by atoms with Gasteiger partial charge in [0, 0.05) is 13.7 Å². The Labute approximate surface area is 135 Å². The highest BCUT2D eigenvalue weighted by atomic mass is 35.5. The molecule has 22 heavy (non-hydrogen) atoms. The quantitative estimate of drug-likeness (QED) is 0.873. The van der Waals surface area contributed by atoms with Gasteiger partial charge < -0.3 is 10.1 Å². The average molecular weight is 345 g/mol. The Bertz CT molecular complexity index is 647. The maximum absolute atomic E-state index is 13.8. The Morgan fingerprint density at radius 3 is 2.95 bits per heavy atom. The molecule has 0 radical (unpaired) electrons. The third-order valence-corrected chi connectivity index (χ3v) is 3.95. The van der Waals surface area contributed by atoms with Gasteiger partial charge in [-0.15, -0.1) is 10.2 Å². The van der Waals surface area contributed by atoms with Gasteiger partial charge >= 0.3 is 6.03 Å². The van der Waals surface area contributed by atoms with Crippen molar-refractivity contribution in [2.75, 3.05) is 19.0 Å². The van der Waals surface area contributed by atoms with Gasteiger partial charge in [-0.1, -0.05) is 29.0 Å². The van der Waals surface area contributed by atoms with Crippen LogP contribution in [0.3, 0.4) is 0 Å². The molecule has 2 aromatic rings. The minimum atomic E-state index is -0.492. The number of hydrogen-bond donors (Lipinski definition) is 2. The predicted molar refractivity (Wildman–Crippen MR) is 83.8 cm³/mol. The van der Waals surface area contributed by atoms with Crippen molar-refractivity contribution >= 4 is 34.1 Å². The first-order chi connectivity index (χ1) is 10.5. The first kappa shape index (κ1) is 16.6. The molecule has 0 spiro atoms. The largest absolute Gasteiger partial charge is 0.380 e. The van der Waals surface area contributed by atoms with Gasteiger partial charge in [-0.2, -0.15) is 0 Å². The number of ether oxygens (including phenoxy) is 1. The summed E-state index contributed by atoms with van der Waals surface area (Å²) in [5.41, 5.74) is 0.170. The lowest BCUT2D eigenvalue weighted by atomic mass is 10.2. The van der Waals surface area contributed by atoms with Gasteiger partial charge in [0.25, 0.3) is 0 Å². The third kappa shape index (κ3) is 4.12. The molecule has 1 aromatic carbocycles. The van der Waals surface area contributed by atoms with Gasteiger partial charge in [-0.05, 0) is 19.1 Å². The molecule has 1 unspecified atom stereocenters. The van der Waals surface area contributed by atoms with Crippen LogP contribution in [0.2, 0.25) is 5.02 Å². The van der Waals surface area contributed by atoms with Crippen molar-refractivity contribution in [3.05, 3.63) is 29.0 Å². The van der Waals surface area contributed by atoms with E-state index in [-0.39, 0.29) is 21.8 Å². The molecule has 2 N–H and O–H groups in total. The molecule has 0 bridgehead atoms. The second-order valence-corrected chi connectivity index (χ2v) is 5.78.